The van der Waals surface area contributed by atoms with Gasteiger partial charge >= 0.3 is 0 Å². The van der Waals surface area contributed by atoms with Crippen LogP contribution < -0.4 is 10.2 Å². The summed E-state index contributed by atoms with van der Waals surface area (Å²) in [6.07, 6.45) is 3.57. The van der Waals surface area contributed by atoms with E-state index in [-0.39, 0.29) is 18.0 Å². The molecular weight excluding hydrogens is 298 g/mol. The molecule has 8 heteroatoms. The second-order valence-corrected chi connectivity index (χ2v) is 5.13. The number of anilines is 2. The highest BCUT2D eigenvalue weighted by molar-refractivity contribution is 5.93. The van der Waals surface area contributed by atoms with Crippen molar-refractivity contribution in [1.82, 2.24) is 9.97 Å². The van der Waals surface area contributed by atoms with Crippen LogP contribution in [0.4, 0.5) is 17.2 Å². The fourth-order valence-electron chi connectivity index (χ4n) is 2.06. The van der Waals surface area contributed by atoms with Crippen molar-refractivity contribution in [3.63, 3.8) is 0 Å². The molecule has 23 heavy (non-hydrogen) atoms. The van der Waals surface area contributed by atoms with Gasteiger partial charge in [0.1, 0.15) is 12.0 Å². The molecule has 0 saturated carbocycles. The van der Waals surface area contributed by atoms with E-state index in [4.69, 9.17) is 0 Å². The number of nitrogens with one attached hydrogen (secondary N) is 1. The number of nitro groups is 1. The van der Waals surface area contributed by atoms with Crippen molar-refractivity contribution in [2.24, 2.45) is 0 Å². The van der Waals surface area contributed by atoms with E-state index in [1.54, 1.807) is 17.0 Å². The number of aromatic nitrogens is 2. The quantitative estimate of drug-likeness (QED) is 0.646. The minimum absolute atomic E-state index is 0.0225. The maximum absolute atomic E-state index is 12.1. The summed E-state index contributed by atoms with van der Waals surface area (Å²) >= 11 is 0. The normalized spacial score (nSPS) is 10.2. The van der Waals surface area contributed by atoms with Gasteiger partial charge in [0.05, 0.1) is 11.1 Å². The molecule has 2 rings (SSSR count). The van der Waals surface area contributed by atoms with Gasteiger partial charge in [-0.1, -0.05) is 12.1 Å². The lowest BCUT2D eigenvalue weighted by Gasteiger charge is -2.15. The van der Waals surface area contributed by atoms with E-state index in [0.717, 1.165) is 5.56 Å². The number of nitrogens with zero attached hydrogens (tertiary/aromatic N) is 4. The van der Waals surface area contributed by atoms with Crippen LogP contribution in [0.25, 0.3) is 0 Å². The molecule has 1 aromatic heterocycles. The maximum atomic E-state index is 12.1. The summed E-state index contributed by atoms with van der Waals surface area (Å²) in [4.78, 5) is 32.1. The van der Waals surface area contributed by atoms with Gasteiger partial charge in [-0.2, -0.15) is 0 Å². The Hall–Kier alpha value is -3.03. The maximum Gasteiger partial charge on any atom is 0.269 e. The van der Waals surface area contributed by atoms with Crippen molar-refractivity contribution in [1.29, 1.82) is 0 Å². The lowest BCUT2D eigenvalue weighted by atomic mass is 10.1. The smallest absolute Gasteiger partial charge is 0.269 e. The van der Waals surface area contributed by atoms with E-state index >= 15 is 0 Å². The third-order valence-electron chi connectivity index (χ3n) is 3.15. The van der Waals surface area contributed by atoms with Gasteiger partial charge in [0.15, 0.2) is 5.82 Å². The SMILES string of the molecule is CN(C)c1ncncc1NC(=O)CCc1cccc([N+](=O)[O-])c1. The molecule has 0 aliphatic heterocycles. The number of aryl methyl sites for hydroxylation is 1. The van der Waals surface area contributed by atoms with Gasteiger partial charge in [-0.25, -0.2) is 9.97 Å². The predicted octanol–water partition coefficient (Wildman–Crippen LogP) is 2.02. The summed E-state index contributed by atoms with van der Waals surface area (Å²) < 4.78 is 0. The molecule has 1 heterocycles. The van der Waals surface area contributed by atoms with E-state index < -0.39 is 4.92 Å². The second kappa shape index (κ2) is 7.30. The molecule has 2 aromatic rings. The predicted molar refractivity (Wildman–Crippen MR) is 86.4 cm³/mol. The average molecular weight is 315 g/mol. The molecule has 0 bridgehead atoms. The summed E-state index contributed by atoms with van der Waals surface area (Å²) in [6.45, 7) is 0. The minimum atomic E-state index is -0.450. The van der Waals surface area contributed by atoms with Gasteiger partial charge in [0.2, 0.25) is 5.91 Å². The fraction of sp³-hybridized carbons (Fsp3) is 0.267. The van der Waals surface area contributed by atoms with E-state index in [1.807, 2.05) is 14.1 Å². The molecule has 1 amide bonds. The first-order chi connectivity index (χ1) is 11.0. The topological polar surface area (TPSA) is 101 Å². The summed E-state index contributed by atoms with van der Waals surface area (Å²) in [5.41, 5.74) is 1.29. The zero-order chi connectivity index (χ0) is 16.8. The minimum Gasteiger partial charge on any atom is -0.361 e. The van der Waals surface area contributed by atoms with Crippen LogP contribution in [-0.4, -0.2) is 34.9 Å². The molecule has 8 nitrogen and oxygen atoms in total. The molecule has 0 unspecified atom stereocenters. The second-order valence-electron chi connectivity index (χ2n) is 5.13. The van der Waals surface area contributed by atoms with Crippen LogP contribution in [-0.2, 0) is 11.2 Å². The van der Waals surface area contributed by atoms with Crippen molar-refractivity contribution in [3.05, 3.63) is 52.5 Å². The molecule has 0 spiro atoms. The molecule has 0 aliphatic carbocycles. The molecule has 0 saturated heterocycles. The highest BCUT2D eigenvalue weighted by Gasteiger charge is 2.11. The number of nitro benzene ring substituents is 1. The zero-order valence-electron chi connectivity index (χ0n) is 12.9. The third-order valence-corrected chi connectivity index (χ3v) is 3.15. The van der Waals surface area contributed by atoms with Crippen LogP contribution in [0.3, 0.4) is 0 Å². The first-order valence-electron chi connectivity index (χ1n) is 6.98. The Morgan fingerprint density at radius 2 is 2.17 bits per heavy atom. The van der Waals surface area contributed by atoms with Crippen LogP contribution in [0.2, 0.25) is 0 Å². The van der Waals surface area contributed by atoms with Gasteiger partial charge in [0, 0.05) is 32.6 Å². The Kier molecular flexibility index (Phi) is 5.19. The van der Waals surface area contributed by atoms with Crippen LogP contribution in [0.15, 0.2) is 36.8 Å². The molecule has 0 aliphatic rings. The Morgan fingerprint density at radius 3 is 2.87 bits per heavy atom. The fourth-order valence-corrected chi connectivity index (χ4v) is 2.06. The Morgan fingerprint density at radius 1 is 1.39 bits per heavy atom. The van der Waals surface area contributed by atoms with Crippen LogP contribution in [0.5, 0.6) is 0 Å². The van der Waals surface area contributed by atoms with Crippen LogP contribution >= 0.6 is 0 Å². The summed E-state index contributed by atoms with van der Waals surface area (Å²) in [7, 11) is 3.64. The van der Waals surface area contributed by atoms with Gasteiger partial charge in [-0.3, -0.25) is 14.9 Å². The number of amides is 1. The molecule has 1 N–H and O–H groups in total. The molecule has 1 aromatic carbocycles. The highest BCUT2D eigenvalue weighted by atomic mass is 16.6. The standard InChI is InChI=1S/C15H17N5O3/c1-19(2)15-13(9-16-10-17-15)18-14(21)7-6-11-4-3-5-12(8-11)20(22)23/h3-5,8-10H,6-7H2,1-2H3,(H,18,21). The van der Waals surface area contributed by atoms with Crippen molar-refractivity contribution in [3.8, 4) is 0 Å². The zero-order valence-corrected chi connectivity index (χ0v) is 12.9. The van der Waals surface area contributed by atoms with E-state index in [9.17, 15) is 14.9 Å². The summed E-state index contributed by atoms with van der Waals surface area (Å²) in [5.74, 6) is 0.415. The number of non-ortho nitro benzene ring substituents is 1. The first-order valence-corrected chi connectivity index (χ1v) is 6.98. The summed E-state index contributed by atoms with van der Waals surface area (Å²) in [6, 6.07) is 6.27. The summed E-state index contributed by atoms with van der Waals surface area (Å²) in [5, 5.41) is 13.5. The van der Waals surface area contributed by atoms with Crippen molar-refractivity contribution < 1.29 is 9.72 Å². The Bertz CT molecular complexity index is 718. The number of hydrogen-bond donors (Lipinski definition) is 1. The van der Waals surface area contributed by atoms with Crippen molar-refractivity contribution >= 4 is 23.1 Å². The van der Waals surface area contributed by atoms with Crippen molar-refractivity contribution in [2.75, 3.05) is 24.3 Å². The van der Waals surface area contributed by atoms with E-state index in [1.165, 1.54) is 24.7 Å². The van der Waals surface area contributed by atoms with E-state index in [2.05, 4.69) is 15.3 Å². The molecule has 0 fully saturated rings. The van der Waals surface area contributed by atoms with E-state index in [0.29, 0.717) is 17.9 Å². The number of carbonyl (C=O) groups is 1. The number of rotatable bonds is 6. The lowest BCUT2D eigenvalue weighted by molar-refractivity contribution is -0.384. The monoisotopic (exact) mass is 315 g/mol. The largest absolute Gasteiger partial charge is 0.361 e. The number of hydrogen-bond acceptors (Lipinski definition) is 6. The Labute approximate surface area is 133 Å². The molecular formula is C15H17N5O3. The van der Waals surface area contributed by atoms with Gasteiger partial charge in [-0.05, 0) is 12.0 Å². The molecule has 0 atom stereocenters. The van der Waals surface area contributed by atoms with Crippen molar-refractivity contribution in [2.45, 2.75) is 12.8 Å². The van der Waals surface area contributed by atoms with Gasteiger partial charge in [-0.15, -0.1) is 0 Å². The molecule has 0 radical (unpaired) electrons. The number of carbonyl (C=O) groups excluding carboxylic acids is 1. The lowest BCUT2D eigenvalue weighted by Crippen LogP contribution is -2.18. The van der Waals surface area contributed by atoms with Crippen LogP contribution in [0, 0.1) is 10.1 Å². The van der Waals surface area contributed by atoms with Crippen LogP contribution in [0.1, 0.15) is 12.0 Å². The number of benzene rings is 1. The average Bonchev–Trinajstić information content (AvgIpc) is 2.53. The molecule has 120 valence electrons. The third kappa shape index (κ3) is 4.47. The first kappa shape index (κ1) is 16.3. The highest BCUT2D eigenvalue weighted by Crippen LogP contribution is 2.20. The van der Waals surface area contributed by atoms with Gasteiger partial charge in [0.25, 0.3) is 5.69 Å². The van der Waals surface area contributed by atoms with Gasteiger partial charge < -0.3 is 10.2 Å². The Balaban J connectivity index is 1.98.